The second kappa shape index (κ2) is 6.09. The molecule has 0 saturated heterocycles. The monoisotopic (exact) mass is 219 g/mol. The van der Waals surface area contributed by atoms with E-state index >= 15 is 0 Å². The van der Waals surface area contributed by atoms with E-state index in [-0.39, 0.29) is 6.61 Å². The van der Waals surface area contributed by atoms with Crippen LogP contribution in [0, 0.1) is 11.3 Å². The number of aliphatic hydroxyl groups excluding tert-OH is 1. The van der Waals surface area contributed by atoms with Crippen LogP contribution in [0.15, 0.2) is 18.3 Å². The Kier molecular flexibility index (Phi) is 4.74. The van der Waals surface area contributed by atoms with Crippen molar-refractivity contribution in [1.82, 2.24) is 4.98 Å². The van der Waals surface area contributed by atoms with Crippen LogP contribution in [0.2, 0.25) is 0 Å². The summed E-state index contributed by atoms with van der Waals surface area (Å²) >= 11 is 0. The van der Waals surface area contributed by atoms with E-state index in [2.05, 4.69) is 23.7 Å². The summed E-state index contributed by atoms with van der Waals surface area (Å²) in [5.74, 6) is 0. The molecule has 86 valence electrons. The standard InChI is InChI=1S/C12H17N3O/c1-10(2)15(6-3-7-16)12-4-5-14-11(8-12)9-13/h4-5,8,10,16H,3,6-7H2,1-2H3. The van der Waals surface area contributed by atoms with Crippen molar-refractivity contribution in [2.75, 3.05) is 18.1 Å². The summed E-state index contributed by atoms with van der Waals surface area (Å²) in [4.78, 5) is 6.09. The van der Waals surface area contributed by atoms with Crippen molar-refractivity contribution in [3.8, 4) is 6.07 Å². The van der Waals surface area contributed by atoms with E-state index in [9.17, 15) is 0 Å². The fraction of sp³-hybridized carbons (Fsp3) is 0.500. The number of pyridine rings is 1. The van der Waals surface area contributed by atoms with Gasteiger partial charge < -0.3 is 10.0 Å². The SMILES string of the molecule is CC(C)N(CCCO)c1ccnc(C#N)c1. The molecule has 0 fully saturated rings. The lowest BCUT2D eigenvalue weighted by Crippen LogP contribution is -2.32. The molecule has 0 aliphatic heterocycles. The molecule has 1 aromatic heterocycles. The minimum absolute atomic E-state index is 0.180. The summed E-state index contributed by atoms with van der Waals surface area (Å²) in [7, 11) is 0. The summed E-state index contributed by atoms with van der Waals surface area (Å²) in [6.07, 6.45) is 2.37. The van der Waals surface area contributed by atoms with Gasteiger partial charge in [0.15, 0.2) is 0 Å². The highest BCUT2D eigenvalue weighted by molar-refractivity contribution is 5.49. The highest BCUT2D eigenvalue weighted by atomic mass is 16.3. The van der Waals surface area contributed by atoms with Crippen molar-refractivity contribution >= 4 is 5.69 Å². The van der Waals surface area contributed by atoms with Gasteiger partial charge in [-0.2, -0.15) is 5.26 Å². The van der Waals surface area contributed by atoms with Gasteiger partial charge >= 0.3 is 0 Å². The average Bonchev–Trinajstić information content (AvgIpc) is 2.29. The Morgan fingerprint density at radius 3 is 2.88 bits per heavy atom. The normalized spacial score (nSPS) is 10.2. The Morgan fingerprint density at radius 2 is 2.31 bits per heavy atom. The zero-order chi connectivity index (χ0) is 12.0. The maximum absolute atomic E-state index is 8.85. The third kappa shape index (κ3) is 3.21. The minimum Gasteiger partial charge on any atom is -0.396 e. The Balaban J connectivity index is 2.88. The lowest BCUT2D eigenvalue weighted by Gasteiger charge is -2.28. The van der Waals surface area contributed by atoms with Crippen molar-refractivity contribution in [3.63, 3.8) is 0 Å². The van der Waals surface area contributed by atoms with E-state index in [1.807, 2.05) is 12.1 Å². The summed E-state index contributed by atoms with van der Waals surface area (Å²) in [5, 5.41) is 17.6. The zero-order valence-corrected chi connectivity index (χ0v) is 9.72. The van der Waals surface area contributed by atoms with Crippen LogP contribution in [-0.2, 0) is 0 Å². The van der Waals surface area contributed by atoms with Gasteiger partial charge in [-0.25, -0.2) is 4.98 Å². The molecule has 16 heavy (non-hydrogen) atoms. The van der Waals surface area contributed by atoms with E-state index in [1.54, 1.807) is 12.3 Å². The number of nitrogens with zero attached hydrogens (tertiary/aromatic N) is 3. The van der Waals surface area contributed by atoms with Gasteiger partial charge in [-0.05, 0) is 32.4 Å². The van der Waals surface area contributed by atoms with Crippen molar-refractivity contribution in [3.05, 3.63) is 24.0 Å². The molecule has 4 nitrogen and oxygen atoms in total. The molecule has 4 heteroatoms. The van der Waals surface area contributed by atoms with Crippen molar-refractivity contribution in [1.29, 1.82) is 5.26 Å². The Labute approximate surface area is 96.2 Å². The van der Waals surface area contributed by atoms with Crippen LogP contribution < -0.4 is 4.90 Å². The molecule has 0 bridgehead atoms. The Bertz CT molecular complexity index is 371. The number of hydrogen-bond donors (Lipinski definition) is 1. The molecule has 0 amide bonds. The molecule has 1 aromatic rings. The third-order valence-corrected chi connectivity index (χ3v) is 2.37. The molecule has 0 radical (unpaired) electrons. The summed E-state index contributed by atoms with van der Waals surface area (Å²) in [5.41, 5.74) is 1.40. The van der Waals surface area contributed by atoms with Crippen LogP contribution >= 0.6 is 0 Å². The average molecular weight is 219 g/mol. The molecule has 0 atom stereocenters. The molecule has 0 saturated carbocycles. The third-order valence-electron chi connectivity index (χ3n) is 2.37. The van der Waals surface area contributed by atoms with Gasteiger partial charge in [0, 0.05) is 31.1 Å². The van der Waals surface area contributed by atoms with Crippen LogP contribution in [0.4, 0.5) is 5.69 Å². The van der Waals surface area contributed by atoms with Gasteiger partial charge in [-0.15, -0.1) is 0 Å². The van der Waals surface area contributed by atoms with Crippen LogP contribution in [-0.4, -0.2) is 29.3 Å². The maximum atomic E-state index is 8.85. The van der Waals surface area contributed by atoms with E-state index < -0.39 is 0 Å². The topological polar surface area (TPSA) is 60.1 Å². The highest BCUT2D eigenvalue weighted by Crippen LogP contribution is 2.17. The fourth-order valence-corrected chi connectivity index (χ4v) is 1.59. The van der Waals surface area contributed by atoms with Crippen molar-refractivity contribution in [2.24, 2.45) is 0 Å². The summed E-state index contributed by atoms with van der Waals surface area (Å²) in [6.45, 7) is 5.14. The molecular weight excluding hydrogens is 202 g/mol. The van der Waals surface area contributed by atoms with Crippen LogP contribution in [0.3, 0.4) is 0 Å². The molecule has 0 aromatic carbocycles. The minimum atomic E-state index is 0.180. The van der Waals surface area contributed by atoms with Gasteiger partial charge in [0.2, 0.25) is 0 Å². The summed E-state index contributed by atoms with van der Waals surface area (Å²) < 4.78 is 0. The van der Waals surface area contributed by atoms with Gasteiger partial charge in [-0.1, -0.05) is 0 Å². The quantitative estimate of drug-likeness (QED) is 0.816. The first-order valence-electron chi connectivity index (χ1n) is 5.42. The summed E-state index contributed by atoms with van der Waals surface area (Å²) in [6, 6.07) is 6.03. The largest absolute Gasteiger partial charge is 0.396 e. The van der Waals surface area contributed by atoms with E-state index in [4.69, 9.17) is 10.4 Å². The van der Waals surface area contributed by atoms with Gasteiger partial charge in [0.25, 0.3) is 0 Å². The predicted octanol–water partition coefficient (Wildman–Crippen LogP) is 1.55. The predicted molar refractivity (Wildman–Crippen MR) is 63.1 cm³/mol. The molecule has 1 rings (SSSR count). The molecule has 0 aliphatic rings. The van der Waals surface area contributed by atoms with Crippen molar-refractivity contribution < 1.29 is 5.11 Å². The first kappa shape index (κ1) is 12.5. The van der Waals surface area contributed by atoms with Gasteiger partial charge in [0.05, 0.1) is 0 Å². The number of anilines is 1. The number of hydrogen-bond acceptors (Lipinski definition) is 4. The van der Waals surface area contributed by atoms with E-state index in [0.717, 1.165) is 18.7 Å². The smallest absolute Gasteiger partial charge is 0.142 e. The lowest BCUT2D eigenvalue weighted by atomic mass is 10.2. The lowest BCUT2D eigenvalue weighted by molar-refractivity contribution is 0.288. The molecule has 0 unspecified atom stereocenters. The highest BCUT2D eigenvalue weighted by Gasteiger charge is 2.10. The second-order valence-corrected chi connectivity index (χ2v) is 3.88. The van der Waals surface area contributed by atoms with E-state index in [0.29, 0.717) is 11.7 Å². The number of aromatic nitrogens is 1. The maximum Gasteiger partial charge on any atom is 0.142 e. The molecule has 1 N–H and O–H groups in total. The Hall–Kier alpha value is -1.60. The number of nitriles is 1. The number of rotatable bonds is 5. The van der Waals surface area contributed by atoms with Gasteiger partial charge in [-0.3, -0.25) is 0 Å². The van der Waals surface area contributed by atoms with Crippen LogP contribution in [0.1, 0.15) is 26.0 Å². The van der Waals surface area contributed by atoms with E-state index in [1.165, 1.54) is 0 Å². The molecule has 0 spiro atoms. The Morgan fingerprint density at radius 1 is 1.56 bits per heavy atom. The van der Waals surface area contributed by atoms with Crippen molar-refractivity contribution in [2.45, 2.75) is 26.3 Å². The fourth-order valence-electron chi connectivity index (χ4n) is 1.59. The number of aliphatic hydroxyl groups is 1. The van der Waals surface area contributed by atoms with Crippen LogP contribution in [0.5, 0.6) is 0 Å². The molecule has 1 heterocycles. The second-order valence-electron chi connectivity index (χ2n) is 3.88. The van der Waals surface area contributed by atoms with Gasteiger partial charge in [0.1, 0.15) is 11.8 Å². The first-order chi connectivity index (χ1) is 7.69. The zero-order valence-electron chi connectivity index (χ0n) is 9.72. The molecular formula is C12H17N3O. The molecule has 0 aliphatic carbocycles. The first-order valence-corrected chi connectivity index (χ1v) is 5.42. The van der Waals surface area contributed by atoms with Crippen LogP contribution in [0.25, 0.3) is 0 Å².